The van der Waals surface area contributed by atoms with Crippen molar-refractivity contribution in [3.63, 3.8) is 0 Å². The van der Waals surface area contributed by atoms with Gasteiger partial charge in [0.2, 0.25) is 0 Å². The minimum absolute atomic E-state index is 0.0374. The second kappa shape index (κ2) is 4.98. The predicted molar refractivity (Wildman–Crippen MR) is 91.5 cm³/mol. The van der Waals surface area contributed by atoms with Gasteiger partial charge in [0.1, 0.15) is 12.1 Å². The summed E-state index contributed by atoms with van der Waals surface area (Å²) in [5, 5.41) is 8.38. The van der Waals surface area contributed by atoms with Gasteiger partial charge >= 0.3 is 0 Å². The van der Waals surface area contributed by atoms with Crippen molar-refractivity contribution in [1.29, 1.82) is 0 Å². The molecule has 0 spiro atoms. The molecule has 7 nitrogen and oxygen atoms in total. The third-order valence-electron chi connectivity index (χ3n) is 4.29. The molecule has 0 saturated heterocycles. The van der Waals surface area contributed by atoms with Crippen LogP contribution in [-0.2, 0) is 12.5 Å². The maximum atomic E-state index is 14.1. The van der Waals surface area contributed by atoms with E-state index < -0.39 is 11.4 Å². The fourth-order valence-corrected chi connectivity index (χ4v) is 2.88. The van der Waals surface area contributed by atoms with Crippen LogP contribution in [0.25, 0.3) is 22.4 Å². The lowest BCUT2D eigenvalue weighted by Crippen LogP contribution is -2.21. The summed E-state index contributed by atoms with van der Waals surface area (Å²) in [5.41, 5.74) is 1.22. The van der Waals surface area contributed by atoms with Crippen LogP contribution in [0.4, 0.5) is 4.39 Å². The summed E-state index contributed by atoms with van der Waals surface area (Å²) >= 11 is 0. The van der Waals surface area contributed by atoms with Crippen LogP contribution in [-0.4, -0.2) is 28.9 Å². The average molecular weight is 340 g/mol. The van der Waals surface area contributed by atoms with Crippen molar-refractivity contribution >= 4 is 16.6 Å². The highest BCUT2D eigenvalue weighted by Crippen LogP contribution is 2.23. The number of rotatable bonds is 1. The molecule has 1 aromatic carbocycles. The van der Waals surface area contributed by atoms with Crippen LogP contribution in [0.15, 0.2) is 35.5 Å². The van der Waals surface area contributed by atoms with E-state index in [9.17, 15) is 9.18 Å². The molecule has 0 aliphatic heterocycles. The van der Waals surface area contributed by atoms with E-state index in [1.165, 1.54) is 10.6 Å². The molecule has 0 N–H and O–H groups in total. The number of hydrogen-bond acceptors (Lipinski definition) is 4. The van der Waals surface area contributed by atoms with Gasteiger partial charge in [-0.1, -0.05) is 32.1 Å². The molecular weight excluding hydrogens is 323 g/mol. The van der Waals surface area contributed by atoms with Gasteiger partial charge < -0.3 is 0 Å². The lowest BCUT2D eigenvalue weighted by atomic mass is 9.93. The SMILES string of the molecule is Cn1c(=O)c2c(F)cccc2n2cnc(-n3cc(C(C)(C)C)nn3)c12. The van der Waals surface area contributed by atoms with Gasteiger partial charge in [0, 0.05) is 12.5 Å². The fourth-order valence-electron chi connectivity index (χ4n) is 2.88. The summed E-state index contributed by atoms with van der Waals surface area (Å²) in [6.45, 7) is 6.12. The van der Waals surface area contributed by atoms with Crippen molar-refractivity contribution < 1.29 is 4.39 Å². The van der Waals surface area contributed by atoms with Crippen molar-refractivity contribution in [1.82, 2.24) is 28.9 Å². The van der Waals surface area contributed by atoms with Crippen LogP contribution in [0.1, 0.15) is 26.5 Å². The van der Waals surface area contributed by atoms with Gasteiger partial charge in [-0.3, -0.25) is 13.8 Å². The number of nitrogens with zero attached hydrogens (tertiary/aromatic N) is 6. The highest BCUT2D eigenvalue weighted by molar-refractivity contribution is 5.82. The van der Waals surface area contributed by atoms with Crippen LogP contribution in [0, 0.1) is 5.82 Å². The van der Waals surface area contributed by atoms with E-state index in [4.69, 9.17) is 0 Å². The van der Waals surface area contributed by atoms with Crippen molar-refractivity contribution in [2.24, 2.45) is 7.05 Å². The number of hydrogen-bond donors (Lipinski definition) is 0. The summed E-state index contributed by atoms with van der Waals surface area (Å²) in [4.78, 5) is 17.0. The van der Waals surface area contributed by atoms with E-state index >= 15 is 0 Å². The number of halogens is 1. The molecule has 4 aromatic rings. The van der Waals surface area contributed by atoms with Crippen molar-refractivity contribution in [2.45, 2.75) is 26.2 Å². The minimum atomic E-state index is -0.550. The molecule has 8 heteroatoms. The van der Waals surface area contributed by atoms with Crippen LogP contribution in [0.2, 0.25) is 0 Å². The molecule has 128 valence electrons. The maximum Gasteiger partial charge on any atom is 0.264 e. The smallest absolute Gasteiger partial charge is 0.264 e. The first-order valence-electron chi connectivity index (χ1n) is 7.86. The normalized spacial score (nSPS) is 12.4. The Morgan fingerprint density at radius 1 is 1.20 bits per heavy atom. The topological polar surface area (TPSA) is 70.0 Å². The summed E-state index contributed by atoms with van der Waals surface area (Å²) in [5.74, 6) is -0.0835. The van der Waals surface area contributed by atoms with E-state index in [2.05, 4.69) is 15.3 Å². The molecule has 0 radical (unpaired) electrons. The largest absolute Gasteiger partial charge is 0.294 e. The quantitative estimate of drug-likeness (QED) is 0.533. The van der Waals surface area contributed by atoms with E-state index in [1.54, 1.807) is 40.8 Å². The maximum absolute atomic E-state index is 14.1. The zero-order valence-electron chi connectivity index (χ0n) is 14.4. The Morgan fingerprint density at radius 3 is 2.64 bits per heavy atom. The predicted octanol–water partition coefficient (Wildman–Crippen LogP) is 2.20. The average Bonchev–Trinajstić information content (AvgIpc) is 3.18. The first kappa shape index (κ1) is 15.5. The Balaban J connectivity index is 2.07. The number of aryl methyl sites for hydroxylation is 1. The molecule has 0 atom stereocenters. The van der Waals surface area contributed by atoms with Crippen LogP contribution >= 0.6 is 0 Å². The summed E-state index contributed by atoms with van der Waals surface area (Å²) in [6.07, 6.45) is 3.35. The Kier molecular flexibility index (Phi) is 3.09. The first-order chi connectivity index (χ1) is 11.8. The van der Waals surface area contributed by atoms with E-state index in [1.807, 2.05) is 20.8 Å². The molecule has 3 heterocycles. The zero-order valence-corrected chi connectivity index (χ0v) is 14.4. The highest BCUT2D eigenvalue weighted by atomic mass is 19.1. The monoisotopic (exact) mass is 340 g/mol. The lowest BCUT2D eigenvalue weighted by molar-refractivity contribution is 0.566. The fraction of sp³-hybridized carbons (Fsp3) is 0.294. The summed E-state index contributed by atoms with van der Waals surface area (Å²) in [7, 11) is 1.59. The van der Waals surface area contributed by atoms with E-state index in [-0.39, 0.29) is 10.8 Å². The molecule has 0 aliphatic rings. The second-order valence-electron chi connectivity index (χ2n) is 7.06. The Morgan fingerprint density at radius 2 is 1.96 bits per heavy atom. The second-order valence-corrected chi connectivity index (χ2v) is 7.06. The third-order valence-corrected chi connectivity index (χ3v) is 4.29. The van der Waals surface area contributed by atoms with Crippen LogP contribution in [0.5, 0.6) is 0 Å². The number of aromatic nitrogens is 6. The van der Waals surface area contributed by atoms with Gasteiger partial charge in [-0.15, -0.1) is 5.10 Å². The van der Waals surface area contributed by atoms with E-state index in [0.717, 1.165) is 5.69 Å². The lowest BCUT2D eigenvalue weighted by Gasteiger charge is -2.12. The summed E-state index contributed by atoms with van der Waals surface area (Å²) < 4.78 is 18.8. The van der Waals surface area contributed by atoms with E-state index in [0.29, 0.717) is 17.0 Å². The summed E-state index contributed by atoms with van der Waals surface area (Å²) in [6, 6.07) is 4.55. The Bertz CT molecular complexity index is 1180. The zero-order chi connectivity index (χ0) is 17.9. The van der Waals surface area contributed by atoms with Gasteiger partial charge in [-0.05, 0) is 12.1 Å². The highest BCUT2D eigenvalue weighted by Gasteiger charge is 2.21. The van der Waals surface area contributed by atoms with Crippen molar-refractivity contribution in [2.75, 3.05) is 0 Å². The molecule has 0 bridgehead atoms. The molecule has 3 aromatic heterocycles. The molecule has 0 fully saturated rings. The first-order valence-corrected chi connectivity index (χ1v) is 7.86. The van der Waals surface area contributed by atoms with Gasteiger partial charge in [-0.25, -0.2) is 9.37 Å². The molecule has 4 rings (SSSR count). The van der Waals surface area contributed by atoms with Gasteiger partial charge in [0.05, 0.1) is 22.8 Å². The van der Waals surface area contributed by atoms with Crippen molar-refractivity contribution in [3.05, 3.63) is 52.6 Å². The molecule has 0 saturated carbocycles. The molecular formula is C17H17FN6O. The van der Waals surface area contributed by atoms with Crippen LogP contribution in [0.3, 0.4) is 0 Å². The molecule has 25 heavy (non-hydrogen) atoms. The number of benzene rings is 1. The number of fused-ring (bicyclic) bond motifs is 3. The van der Waals surface area contributed by atoms with Crippen LogP contribution < -0.4 is 5.56 Å². The van der Waals surface area contributed by atoms with Gasteiger partial charge in [-0.2, -0.15) is 4.68 Å². The Labute approximate surface area is 142 Å². The molecule has 0 unspecified atom stereocenters. The number of imidazole rings is 1. The van der Waals surface area contributed by atoms with Crippen molar-refractivity contribution in [3.8, 4) is 5.82 Å². The van der Waals surface area contributed by atoms with Gasteiger partial charge in [0.15, 0.2) is 11.5 Å². The molecule has 0 aliphatic carbocycles. The Hall–Kier alpha value is -3.03. The van der Waals surface area contributed by atoms with Gasteiger partial charge in [0.25, 0.3) is 5.56 Å². The molecule has 0 amide bonds. The standard InChI is InChI=1S/C17H17FN6O/c1-17(2,3)12-8-24(21-20-12)14-15-22(4)16(25)13-10(18)6-5-7-11(13)23(15)9-19-14/h5-9H,1-4H3. The minimum Gasteiger partial charge on any atom is -0.294 e. The third kappa shape index (κ3) is 2.17.